The van der Waals surface area contributed by atoms with E-state index in [0.29, 0.717) is 11.1 Å². The molecule has 1 fully saturated rings. The van der Waals surface area contributed by atoms with Crippen LogP contribution in [0, 0.1) is 0 Å². The van der Waals surface area contributed by atoms with Crippen LogP contribution in [0.3, 0.4) is 0 Å². The Bertz CT molecular complexity index is 1110. The van der Waals surface area contributed by atoms with E-state index in [4.69, 9.17) is 23.7 Å². The van der Waals surface area contributed by atoms with Gasteiger partial charge >= 0.3 is 23.9 Å². The number of carbonyl (C=O) groups excluding carboxylic acids is 5. The zero-order chi connectivity index (χ0) is 27.8. The minimum Gasteiger partial charge on any atom is -0.467 e. The Morgan fingerprint density at radius 1 is 0.711 bits per heavy atom. The molecule has 0 unspecified atom stereocenters. The molecule has 0 spiro atoms. The van der Waals surface area contributed by atoms with E-state index >= 15 is 0 Å². The van der Waals surface area contributed by atoms with E-state index in [1.54, 1.807) is 48.5 Å². The van der Waals surface area contributed by atoms with Crippen LogP contribution in [0.1, 0.15) is 37.8 Å². The molecule has 1 saturated heterocycles. The summed E-state index contributed by atoms with van der Waals surface area (Å²) >= 11 is 0. The molecule has 2 aromatic rings. The van der Waals surface area contributed by atoms with Gasteiger partial charge in [0, 0.05) is 20.8 Å². The Kier molecular flexibility index (Phi) is 9.55. The molecule has 1 amide bonds. The van der Waals surface area contributed by atoms with Crippen LogP contribution in [0.15, 0.2) is 60.7 Å². The van der Waals surface area contributed by atoms with Gasteiger partial charge in [-0.1, -0.05) is 60.7 Å². The van der Waals surface area contributed by atoms with E-state index < -0.39 is 66.3 Å². The fourth-order valence-corrected chi connectivity index (χ4v) is 4.24. The first kappa shape index (κ1) is 28.3. The molecule has 2 aromatic carbocycles. The number of amides is 1. The molecule has 202 valence electrons. The van der Waals surface area contributed by atoms with Crippen molar-refractivity contribution < 1.29 is 47.7 Å². The molecule has 1 heterocycles. The van der Waals surface area contributed by atoms with E-state index in [1.807, 2.05) is 12.1 Å². The lowest BCUT2D eigenvalue weighted by molar-refractivity contribution is -0.252. The zero-order valence-corrected chi connectivity index (χ0v) is 21.3. The molecule has 1 aliphatic heterocycles. The minimum absolute atomic E-state index is 0.555. The van der Waals surface area contributed by atoms with Crippen LogP contribution in [-0.4, -0.2) is 67.5 Å². The summed E-state index contributed by atoms with van der Waals surface area (Å²) in [4.78, 5) is 62.2. The van der Waals surface area contributed by atoms with E-state index in [2.05, 4.69) is 5.32 Å². The van der Waals surface area contributed by atoms with Gasteiger partial charge in [0.1, 0.15) is 0 Å². The van der Waals surface area contributed by atoms with Crippen molar-refractivity contribution in [2.75, 3.05) is 7.11 Å². The van der Waals surface area contributed by atoms with Gasteiger partial charge in [-0.3, -0.25) is 19.2 Å². The third-order valence-corrected chi connectivity index (χ3v) is 5.69. The standard InChI is InChI=1S/C27H29NO10/c1-15(29)35-21-22(36-16(2)30)24(27(33)34-4)38-26(23(21)37-17(3)31)28-25(32)20(18-11-7-5-8-12-18)19-13-9-6-10-14-19/h5-14,20-24,26H,1-4H3,(H,28,32)/t21-,22-,23+,24-,26+/m0/s1. The molecule has 0 aromatic heterocycles. The highest BCUT2D eigenvalue weighted by atomic mass is 16.7. The highest BCUT2D eigenvalue weighted by Gasteiger charge is 2.55. The zero-order valence-electron chi connectivity index (χ0n) is 21.3. The van der Waals surface area contributed by atoms with E-state index in [9.17, 15) is 24.0 Å². The van der Waals surface area contributed by atoms with Gasteiger partial charge in [-0.25, -0.2) is 4.79 Å². The van der Waals surface area contributed by atoms with Crippen LogP contribution in [0.5, 0.6) is 0 Å². The van der Waals surface area contributed by atoms with E-state index in [1.165, 1.54) is 0 Å². The fourth-order valence-electron chi connectivity index (χ4n) is 4.24. The van der Waals surface area contributed by atoms with Crippen molar-refractivity contribution in [3.05, 3.63) is 71.8 Å². The van der Waals surface area contributed by atoms with Crippen molar-refractivity contribution >= 4 is 29.8 Å². The molecule has 5 atom stereocenters. The summed E-state index contributed by atoms with van der Waals surface area (Å²) in [7, 11) is 1.09. The minimum atomic E-state index is -1.61. The molecule has 0 radical (unpaired) electrons. The second kappa shape index (κ2) is 12.8. The number of carbonyl (C=O) groups is 5. The smallest absolute Gasteiger partial charge is 0.339 e. The Labute approximate surface area is 219 Å². The van der Waals surface area contributed by atoms with Crippen LogP contribution < -0.4 is 5.32 Å². The fraction of sp³-hybridized carbons (Fsp3) is 0.370. The number of ether oxygens (including phenoxy) is 5. The summed E-state index contributed by atoms with van der Waals surface area (Å²) in [5, 5.41) is 2.68. The van der Waals surface area contributed by atoms with E-state index in [0.717, 1.165) is 27.9 Å². The van der Waals surface area contributed by atoms with Gasteiger partial charge in [-0.2, -0.15) is 0 Å². The lowest BCUT2D eigenvalue weighted by atomic mass is 9.90. The first-order chi connectivity index (χ1) is 18.1. The summed E-state index contributed by atoms with van der Waals surface area (Å²) < 4.78 is 26.6. The van der Waals surface area contributed by atoms with Crippen molar-refractivity contribution in [1.82, 2.24) is 5.32 Å². The Morgan fingerprint density at radius 3 is 1.61 bits per heavy atom. The molecule has 1 aliphatic rings. The number of hydrogen-bond acceptors (Lipinski definition) is 10. The average Bonchev–Trinajstić information content (AvgIpc) is 2.87. The monoisotopic (exact) mass is 527 g/mol. The third-order valence-electron chi connectivity index (χ3n) is 5.69. The lowest BCUT2D eigenvalue weighted by Gasteiger charge is -2.43. The molecule has 0 saturated carbocycles. The molecule has 38 heavy (non-hydrogen) atoms. The second-order valence-electron chi connectivity index (χ2n) is 8.49. The van der Waals surface area contributed by atoms with Gasteiger partial charge in [0.05, 0.1) is 13.0 Å². The van der Waals surface area contributed by atoms with Crippen molar-refractivity contribution in [2.24, 2.45) is 0 Å². The Morgan fingerprint density at radius 2 is 1.16 bits per heavy atom. The summed E-state index contributed by atoms with van der Waals surface area (Å²) in [5.41, 5.74) is 1.32. The van der Waals surface area contributed by atoms with Crippen molar-refractivity contribution in [3.63, 3.8) is 0 Å². The summed E-state index contributed by atoms with van der Waals surface area (Å²) in [6.07, 6.45) is -7.60. The lowest BCUT2D eigenvalue weighted by Crippen LogP contribution is -2.67. The normalized spacial score (nSPS) is 22.6. The first-order valence-electron chi connectivity index (χ1n) is 11.8. The van der Waals surface area contributed by atoms with Crippen LogP contribution in [0.25, 0.3) is 0 Å². The van der Waals surface area contributed by atoms with Gasteiger partial charge in [0.2, 0.25) is 5.91 Å². The van der Waals surface area contributed by atoms with Gasteiger partial charge in [-0.15, -0.1) is 0 Å². The first-order valence-corrected chi connectivity index (χ1v) is 11.8. The quantitative estimate of drug-likeness (QED) is 0.397. The number of benzene rings is 2. The molecule has 3 rings (SSSR count). The Hall–Kier alpha value is -4.25. The summed E-state index contributed by atoms with van der Waals surface area (Å²) in [6.45, 7) is 3.28. The number of methoxy groups -OCH3 is 1. The topological polar surface area (TPSA) is 144 Å². The SMILES string of the molecule is COC(=O)[C@H]1O[C@@H](NC(=O)C(c2ccccc2)c2ccccc2)[C@H](OC(C)=O)[C@@H](OC(C)=O)[C@@H]1OC(C)=O. The molecule has 0 bridgehead atoms. The maximum Gasteiger partial charge on any atom is 0.339 e. The second-order valence-corrected chi connectivity index (χ2v) is 8.49. The molecule has 11 nitrogen and oxygen atoms in total. The number of rotatable bonds is 8. The maximum absolute atomic E-state index is 13.7. The average molecular weight is 528 g/mol. The van der Waals surface area contributed by atoms with Gasteiger partial charge < -0.3 is 29.0 Å². The molecular weight excluding hydrogens is 498 g/mol. The van der Waals surface area contributed by atoms with Crippen molar-refractivity contribution in [2.45, 2.75) is 57.3 Å². The molecular formula is C27H29NO10. The highest BCUT2D eigenvalue weighted by Crippen LogP contribution is 2.30. The van der Waals surface area contributed by atoms with E-state index in [-0.39, 0.29) is 0 Å². The van der Waals surface area contributed by atoms with Gasteiger partial charge in [-0.05, 0) is 11.1 Å². The number of esters is 4. The predicted molar refractivity (Wildman–Crippen MR) is 130 cm³/mol. The molecule has 1 N–H and O–H groups in total. The summed E-state index contributed by atoms with van der Waals surface area (Å²) in [5.74, 6) is -4.75. The maximum atomic E-state index is 13.7. The van der Waals surface area contributed by atoms with Crippen molar-refractivity contribution in [3.8, 4) is 0 Å². The number of hydrogen-bond donors (Lipinski definition) is 1. The molecule has 0 aliphatic carbocycles. The van der Waals surface area contributed by atoms with Crippen LogP contribution in [0.4, 0.5) is 0 Å². The largest absolute Gasteiger partial charge is 0.467 e. The van der Waals surface area contributed by atoms with Crippen LogP contribution in [0.2, 0.25) is 0 Å². The van der Waals surface area contributed by atoms with Crippen LogP contribution in [-0.2, 0) is 47.7 Å². The predicted octanol–water partition coefficient (Wildman–Crippen LogP) is 1.63. The Balaban J connectivity index is 2.04. The van der Waals surface area contributed by atoms with Gasteiger partial charge in [0.25, 0.3) is 0 Å². The summed E-state index contributed by atoms with van der Waals surface area (Å²) in [6, 6.07) is 17.9. The van der Waals surface area contributed by atoms with Gasteiger partial charge in [0.15, 0.2) is 30.6 Å². The van der Waals surface area contributed by atoms with Crippen molar-refractivity contribution in [1.29, 1.82) is 0 Å². The highest BCUT2D eigenvalue weighted by molar-refractivity contribution is 5.87. The number of nitrogens with one attached hydrogen (secondary N) is 1. The van der Waals surface area contributed by atoms with Crippen LogP contribution >= 0.6 is 0 Å². The third kappa shape index (κ3) is 6.94. The molecule has 11 heteroatoms.